The number of aryl methyl sites for hydroxylation is 1. The van der Waals surface area contributed by atoms with E-state index in [0.717, 1.165) is 37.1 Å². The number of aromatic nitrogens is 2. The summed E-state index contributed by atoms with van der Waals surface area (Å²) in [6.07, 6.45) is 6.60. The molecule has 1 aromatic rings. The standard InChI is InChI=1S/C16H24N4/c1-4-14(13-5-6-13)15-12(3)18-10-19-16(15)20-8-7-17-9-11(20)2/h4,10-11,13,17H,5-9H2,1-3H3/b14-4-. The zero-order valence-corrected chi connectivity index (χ0v) is 12.7. The van der Waals surface area contributed by atoms with Gasteiger partial charge in [0.2, 0.25) is 0 Å². The number of hydrogen-bond acceptors (Lipinski definition) is 4. The van der Waals surface area contributed by atoms with E-state index >= 15 is 0 Å². The fourth-order valence-electron chi connectivity index (χ4n) is 3.15. The average Bonchev–Trinajstić information content (AvgIpc) is 3.27. The molecule has 0 bridgehead atoms. The Hall–Kier alpha value is -1.42. The van der Waals surface area contributed by atoms with E-state index in [9.17, 15) is 0 Å². The van der Waals surface area contributed by atoms with E-state index in [0.29, 0.717) is 6.04 Å². The van der Waals surface area contributed by atoms with Gasteiger partial charge < -0.3 is 10.2 Å². The number of anilines is 1. The van der Waals surface area contributed by atoms with Crippen molar-refractivity contribution in [1.82, 2.24) is 15.3 Å². The smallest absolute Gasteiger partial charge is 0.140 e. The summed E-state index contributed by atoms with van der Waals surface area (Å²) < 4.78 is 0. The predicted molar refractivity (Wildman–Crippen MR) is 82.8 cm³/mol. The molecule has 0 radical (unpaired) electrons. The summed E-state index contributed by atoms with van der Waals surface area (Å²) in [7, 11) is 0. The molecule has 1 aliphatic carbocycles. The van der Waals surface area contributed by atoms with Crippen molar-refractivity contribution in [2.75, 3.05) is 24.5 Å². The van der Waals surface area contributed by atoms with Crippen molar-refractivity contribution in [3.8, 4) is 0 Å². The van der Waals surface area contributed by atoms with Crippen LogP contribution in [-0.4, -0.2) is 35.6 Å². The Morgan fingerprint density at radius 2 is 2.20 bits per heavy atom. The molecular weight excluding hydrogens is 248 g/mol. The van der Waals surface area contributed by atoms with Crippen LogP contribution in [0.5, 0.6) is 0 Å². The SMILES string of the molecule is C/C=C(\c1c(C)ncnc1N1CCNCC1C)C1CC1. The molecule has 0 spiro atoms. The summed E-state index contributed by atoms with van der Waals surface area (Å²) in [4.78, 5) is 11.5. The summed E-state index contributed by atoms with van der Waals surface area (Å²) in [5.74, 6) is 1.85. The lowest BCUT2D eigenvalue weighted by Crippen LogP contribution is -2.50. The highest BCUT2D eigenvalue weighted by Gasteiger charge is 2.31. The highest BCUT2D eigenvalue weighted by molar-refractivity contribution is 5.78. The lowest BCUT2D eigenvalue weighted by molar-refractivity contribution is 0.496. The molecule has 1 saturated heterocycles. The first-order chi connectivity index (χ1) is 9.72. The third-order valence-electron chi connectivity index (χ3n) is 4.41. The Bertz CT molecular complexity index is 519. The number of allylic oxidation sites excluding steroid dienone is 2. The predicted octanol–water partition coefficient (Wildman–Crippen LogP) is 2.40. The lowest BCUT2D eigenvalue weighted by atomic mass is 9.99. The summed E-state index contributed by atoms with van der Waals surface area (Å²) in [5.41, 5.74) is 3.84. The maximum Gasteiger partial charge on any atom is 0.140 e. The Morgan fingerprint density at radius 1 is 1.40 bits per heavy atom. The highest BCUT2D eigenvalue weighted by Crippen LogP contribution is 2.45. The average molecular weight is 272 g/mol. The molecule has 108 valence electrons. The van der Waals surface area contributed by atoms with E-state index < -0.39 is 0 Å². The van der Waals surface area contributed by atoms with Crippen molar-refractivity contribution in [3.63, 3.8) is 0 Å². The molecule has 4 heteroatoms. The zero-order chi connectivity index (χ0) is 14.1. The van der Waals surface area contributed by atoms with Gasteiger partial charge in [-0.3, -0.25) is 0 Å². The highest BCUT2D eigenvalue weighted by atomic mass is 15.3. The Kier molecular flexibility index (Phi) is 3.74. The van der Waals surface area contributed by atoms with E-state index in [-0.39, 0.29) is 0 Å². The number of nitrogens with zero attached hydrogens (tertiary/aromatic N) is 3. The van der Waals surface area contributed by atoms with E-state index in [4.69, 9.17) is 0 Å². The van der Waals surface area contributed by atoms with Crippen LogP contribution in [0.25, 0.3) is 5.57 Å². The maximum atomic E-state index is 4.64. The molecule has 1 unspecified atom stereocenters. The first kappa shape index (κ1) is 13.6. The fourth-order valence-corrected chi connectivity index (χ4v) is 3.15. The van der Waals surface area contributed by atoms with Crippen LogP contribution < -0.4 is 10.2 Å². The molecule has 2 heterocycles. The summed E-state index contributed by atoms with van der Waals surface area (Å²) in [6.45, 7) is 9.59. The van der Waals surface area contributed by atoms with E-state index in [1.54, 1.807) is 6.33 Å². The minimum absolute atomic E-state index is 0.481. The molecule has 3 rings (SSSR count). The number of piperazine rings is 1. The fraction of sp³-hybridized carbons (Fsp3) is 0.625. The number of hydrogen-bond donors (Lipinski definition) is 1. The van der Waals surface area contributed by atoms with Gasteiger partial charge in [-0.2, -0.15) is 0 Å². The molecule has 1 saturated carbocycles. The van der Waals surface area contributed by atoms with Crippen LogP contribution in [0, 0.1) is 12.8 Å². The van der Waals surface area contributed by atoms with Crippen molar-refractivity contribution < 1.29 is 0 Å². The maximum absolute atomic E-state index is 4.64. The minimum Gasteiger partial charge on any atom is -0.351 e. The van der Waals surface area contributed by atoms with Crippen molar-refractivity contribution in [2.24, 2.45) is 5.92 Å². The summed E-state index contributed by atoms with van der Waals surface area (Å²) in [5, 5.41) is 3.45. The molecule has 1 aromatic heterocycles. The number of rotatable bonds is 3. The molecule has 20 heavy (non-hydrogen) atoms. The van der Waals surface area contributed by atoms with Crippen molar-refractivity contribution in [3.05, 3.63) is 23.7 Å². The van der Waals surface area contributed by atoms with Crippen LogP contribution in [0.4, 0.5) is 5.82 Å². The Balaban J connectivity index is 2.04. The van der Waals surface area contributed by atoms with Crippen molar-refractivity contribution in [2.45, 2.75) is 39.7 Å². The van der Waals surface area contributed by atoms with Gasteiger partial charge in [0.15, 0.2) is 0 Å². The molecule has 2 fully saturated rings. The van der Waals surface area contributed by atoms with Gasteiger partial charge >= 0.3 is 0 Å². The van der Waals surface area contributed by atoms with Gasteiger partial charge in [0, 0.05) is 31.2 Å². The van der Waals surface area contributed by atoms with Gasteiger partial charge in [-0.15, -0.1) is 0 Å². The van der Waals surface area contributed by atoms with Gasteiger partial charge in [-0.1, -0.05) is 6.08 Å². The minimum atomic E-state index is 0.481. The van der Waals surface area contributed by atoms with Crippen LogP contribution >= 0.6 is 0 Å². The van der Waals surface area contributed by atoms with E-state index in [1.807, 2.05) is 0 Å². The van der Waals surface area contributed by atoms with Crippen molar-refractivity contribution >= 4 is 11.4 Å². The van der Waals surface area contributed by atoms with Crippen LogP contribution in [0.15, 0.2) is 12.4 Å². The number of nitrogens with one attached hydrogen (secondary N) is 1. The quantitative estimate of drug-likeness (QED) is 0.917. The first-order valence-electron chi connectivity index (χ1n) is 7.68. The molecule has 1 N–H and O–H groups in total. The second kappa shape index (κ2) is 5.52. The molecule has 0 amide bonds. The van der Waals surface area contributed by atoms with Crippen molar-refractivity contribution in [1.29, 1.82) is 0 Å². The second-order valence-electron chi connectivity index (χ2n) is 5.92. The third-order valence-corrected chi connectivity index (χ3v) is 4.41. The normalized spacial score (nSPS) is 24.1. The van der Waals surface area contributed by atoms with Crippen LogP contribution in [0.3, 0.4) is 0 Å². The topological polar surface area (TPSA) is 41.1 Å². The molecule has 0 aromatic carbocycles. The Morgan fingerprint density at radius 3 is 2.85 bits per heavy atom. The molecule has 1 atom stereocenters. The molecule has 2 aliphatic rings. The first-order valence-corrected chi connectivity index (χ1v) is 7.68. The van der Waals surface area contributed by atoms with Gasteiger partial charge in [-0.25, -0.2) is 9.97 Å². The lowest BCUT2D eigenvalue weighted by Gasteiger charge is -2.36. The summed E-state index contributed by atoms with van der Waals surface area (Å²) in [6, 6.07) is 0.481. The molecule has 4 nitrogen and oxygen atoms in total. The van der Waals surface area contributed by atoms with Crippen LogP contribution in [0.2, 0.25) is 0 Å². The van der Waals surface area contributed by atoms with Gasteiger partial charge in [0.25, 0.3) is 0 Å². The second-order valence-corrected chi connectivity index (χ2v) is 5.92. The zero-order valence-electron chi connectivity index (χ0n) is 12.7. The Labute approximate surface area is 121 Å². The van der Waals surface area contributed by atoms with E-state index in [1.165, 1.54) is 24.0 Å². The van der Waals surface area contributed by atoms with Crippen LogP contribution in [-0.2, 0) is 0 Å². The van der Waals surface area contributed by atoms with Gasteiger partial charge in [-0.05, 0) is 45.1 Å². The third kappa shape index (κ3) is 2.44. The van der Waals surface area contributed by atoms with Gasteiger partial charge in [0.1, 0.15) is 12.1 Å². The van der Waals surface area contributed by atoms with Gasteiger partial charge in [0.05, 0.1) is 5.69 Å². The largest absolute Gasteiger partial charge is 0.351 e. The van der Waals surface area contributed by atoms with Crippen LogP contribution in [0.1, 0.15) is 37.9 Å². The van der Waals surface area contributed by atoms with E-state index in [2.05, 4.69) is 47.0 Å². The molecular formula is C16H24N4. The monoisotopic (exact) mass is 272 g/mol. The summed E-state index contributed by atoms with van der Waals surface area (Å²) >= 11 is 0. The molecule has 1 aliphatic heterocycles.